The van der Waals surface area contributed by atoms with Crippen LogP contribution < -0.4 is 5.32 Å². The van der Waals surface area contributed by atoms with Crippen molar-refractivity contribution in [1.82, 2.24) is 20.1 Å². The van der Waals surface area contributed by atoms with Crippen LogP contribution in [0.1, 0.15) is 45.0 Å². The first-order valence-electron chi connectivity index (χ1n) is 6.41. The highest BCUT2D eigenvalue weighted by Gasteiger charge is 2.24. The van der Waals surface area contributed by atoms with Gasteiger partial charge in [-0.05, 0) is 39.2 Å². The monoisotopic (exact) mass is 256 g/mol. The van der Waals surface area contributed by atoms with Crippen molar-refractivity contribution >= 4 is 11.6 Å². The summed E-state index contributed by atoms with van der Waals surface area (Å²) in [4.78, 5) is 4.28. The molecule has 5 heteroatoms. The van der Waals surface area contributed by atoms with E-state index in [2.05, 4.69) is 29.2 Å². The number of nitrogens with zero attached hydrogens (tertiary/aromatic N) is 3. The smallest absolute Gasteiger partial charge is 0.141 e. The van der Waals surface area contributed by atoms with Gasteiger partial charge in [0.1, 0.15) is 12.2 Å². The SMILES string of the molecule is CC(C)n1ncnc1CNCC1CCCC1Cl. The van der Waals surface area contributed by atoms with Crippen molar-refractivity contribution in [1.29, 1.82) is 0 Å². The largest absolute Gasteiger partial charge is 0.310 e. The van der Waals surface area contributed by atoms with Crippen molar-refractivity contribution in [2.45, 2.75) is 51.1 Å². The van der Waals surface area contributed by atoms with Gasteiger partial charge in [0.15, 0.2) is 0 Å². The number of nitrogens with one attached hydrogen (secondary N) is 1. The summed E-state index contributed by atoms with van der Waals surface area (Å²) in [5.41, 5.74) is 0. The van der Waals surface area contributed by atoms with Crippen LogP contribution in [-0.2, 0) is 6.54 Å². The molecule has 2 rings (SSSR count). The molecule has 2 atom stereocenters. The third kappa shape index (κ3) is 3.19. The van der Waals surface area contributed by atoms with E-state index in [4.69, 9.17) is 11.6 Å². The number of halogens is 1. The van der Waals surface area contributed by atoms with Gasteiger partial charge < -0.3 is 5.32 Å². The van der Waals surface area contributed by atoms with Gasteiger partial charge >= 0.3 is 0 Å². The zero-order chi connectivity index (χ0) is 12.3. The van der Waals surface area contributed by atoms with Gasteiger partial charge in [-0.25, -0.2) is 9.67 Å². The van der Waals surface area contributed by atoms with Crippen molar-refractivity contribution in [3.05, 3.63) is 12.2 Å². The minimum absolute atomic E-state index is 0.352. The molecule has 1 aliphatic rings. The molecule has 1 fully saturated rings. The number of aromatic nitrogens is 3. The molecule has 1 aromatic heterocycles. The first-order chi connectivity index (χ1) is 8.18. The summed E-state index contributed by atoms with van der Waals surface area (Å²) in [5, 5.41) is 8.02. The molecular formula is C12H21ClN4. The van der Waals surface area contributed by atoms with Gasteiger partial charge in [-0.15, -0.1) is 11.6 Å². The Morgan fingerprint density at radius 2 is 2.35 bits per heavy atom. The van der Waals surface area contributed by atoms with Gasteiger partial charge in [-0.3, -0.25) is 0 Å². The molecule has 0 aromatic carbocycles. The van der Waals surface area contributed by atoms with E-state index in [0.29, 0.717) is 17.3 Å². The Kier molecular flexibility index (Phi) is 4.40. The Hall–Kier alpha value is -0.610. The molecule has 0 spiro atoms. The van der Waals surface area contributed by atoms with Gasteiger partial charge in [0.05, 0.1) is 6.54 Å². The Morgan fingerprint density at radius 3 is 3.00 bits per heavy atom. The molecule has 0 radical (unpaired) electrons. The summed E-state index contributed by atoms with van der Waals surface area (Å²) in [6.07, 6.45) is 5.30. The highest BCUT2D eigenvalue weighted by atomic mass is 35.5. The van der Waals surface area contributed by atoms with Gasteiger partial charge in [-0.2, -0.15) is 5.10 Å². The Morgan fingerprint density at radius 1 is 1.53 bits per heavy atom. The number of rotatable bonds is 5. The summed E-state index contributed by atoms with van der Waals surface area (Å²) in [5.74, 6) is 1.62. The van der Waals surface area contributed by atoms with Crippen LogP contribution in [0, 0.1) is 5.92 Å². The van der Waals surface area contributed by atoms with Crippen LogP contribution in [0.3, 0.4) is 0 Å². The van der Waals surface area contributed by atoms with E-state index in [0.717, 1.165) is 25.3 Å². The number of hydrogen-bond donors (Lipinski definition) is 1. The van der Waals surface area contributed by atoms with Crippen LogP contribution >= 0.6 is 11.6 Å². The van der Waals surface area contributed by atoms with E-state index < -0.39 is 0 Å². The fourth-order valence-electron chi connectivity index (χ4n) is 2.42. The molecule has 0 bridgehead atoms. The molecule has 4 nitrogen and oxygen atoms in total. The lowest BCUT2D eigenvalue weighted by atomic mass is 10.1. The van der Waals surface area contributed by atoms with Crippen LogP contribution in [-0.4, -0.2) is 26.7 Å². The lowest BCUT2D eigenvalue weighted by Crippen LogP contribution is -2.26. The minimum Gasteiger partial charge on any atom is -0.310 e. The molecule has 1 heterocycles. The Bertz CT molecular complexity index is 350. The minimum atomic E-state index is 0.352. The third-order valence-corrected chi connectivity index (χ3v) is 3.97. The summed E-state index contributed by atoms with van der Waals surface area (Å²) < 4.78 is 1.96. The van der Waals surface area contributed by atoms with Gasteiger partial charge in [0.25, 0.3) is 0 Å². The summed E-state index contributed by atoms with van der Waals surface area (Å²) in [7, 11) is 0. The van der Waals surface area contributed by atoms with E-state index >= 15 is 0 Å². The summed E-state index contributed by atoms with van der Waals surface area (Å²) in [6, 6.07) is 0.363. The normalized spacial score (nSPS) is 24.7. The van der Waals surface area contributed by atoms with Gasteiger partial charge in [0, 0.05) is 11.4 Å². The van der Waals surface area contributed by atoms with Gasteiger partial charge in [-0.1, -0.05) is 6.42 Å². The van der Waals surface area contributed by atoms with Crippen molar-refractivity contribution < 1.29 is 0 Å². The molecule has 1 aromatic rings. The van der Waals surface area contributed by atoms with E-state index in [1.54, 1.807) is 6.33 Å². The predicted octanol–water partition coefficient (Wildman–Crippen LogP) is 2.36. The first kappa shape index (κ1) is 12.8. The summed E-state index contributed by atoms with van der Waals surface area (Å²) >= 11 is 6.25. The van der Waals surface area contributed by atoms with Crippen molar-refractivity contribution in [2.24, 2.45) is 5.92 Å². The second-order valence-electron chi connectivity index (χ2n) is 5.05. The molecule has 1 N–H and O–H groups in total. The fraction of sp³-hybridized carbons (Fsp3) is 0.833. The van der Waals surface area contributed by atoms with Crippen LogP contribution in [0.5, 0.6) is 0 Å². The highest BCUT2D eigenvalue weighted by Crippen LogP contribution is 2.29. The quantitative estimate of drug-likeness (QED) is 0.823. The zero-order valence-corrected chi connectivity index (χ0v) is 11.3. The predicted molar refractivity (Wildman–Crippen MR) is 69.1 cm³/mol. The second-order valence-corrected chi connectivity index (χ2v) is 5.61. The average Bonchev–Trinajstić information content (AvgIpc) is 2.88. The van der Waals surface area contributed by atoms with Crippen molar-refractivity contribution in [3.63, 3.8) is 0 Å². The van der Waals surface area contributed by atoms with Gasteiger partial charge in [0.2, 0.25) is 0 Å². The van der Waals surface area contributed by atoms with Crippen molar-refractivity contribution in [2.75, 3.05) is 6.54 Å². The molecular weight excluding hydrogens is 236 g/mol. The highest BCUT2D eigenvalue weighted by molar-refractivity contribution is 6.20. The van der Waals surface area contributed by atoms with E-state index in [-0.39, 0.29) is 0 Å². The fourth-order valence-corrected chi connectivity index (χ4v) is 2.79. The molecule has 0 saturated heterocycles. The number of hydrogen-bond acceptors (Lipinski definition) is 3. The molecule has 96 valence electrons. The number of alkyl halides is 1. The molecule has 1 aliphatic carbocycles. The van der Waals surface area contributed by atoms with Crippen LogP contribution in [0.4, 0.5) is 0 Å². The van der Waals surface area contributed by atoms with Crippen LogP contribution in [0.15, 0.2) is 6.33 Å². The van der Waals surface area contributed by atoms with E-state index in [1.165, 1.54) is 12.8 Å². The molecule has 17 heavy (non-hydrogen) atoms. The lowest BCUT2D eigenvalue weighted by molar-refractivity contribution is 0.457. The maximum absolute atomic E-state index is 6.25. The van der Waals surface area contributed by atoms with E-state index in [9.17, 15) is 0 Å². The van der Waals surface area contributed by atoms with Crippen LogP contribution in [0.25, 0.3) is 0 Å². The zero-order valence-electron chi connectivity index (χ0n) is 10.6. The first-order valence-corrected chi connectivity index (χ1v) is 6.85. The maximum Gasteiger partial charge on any atom is 0.141 e. The molecule has 0 amide bonds. The average molecular weight is 257 g/mol. The lowest BCUT2D eigenvalue weighted by Gasteiger charge is -2.15. The standard InChI is InChI=1S/C12H21ClN4/c1-9(2)17-12(15-8-16-17)7-14-6-10-4-3-5-11(10)13/h8-11,14H,3-7H2,1-2H3. The molecule has 0 aliphatic heterocycles. The van der Waals surface area contributed by atoms with E-state index in [1.807, 2.05) is 4.68 Å². The van der Waals surface area contributed by atoms with Crippen molar-refractivity contribution in [3.8, 4) is 0 Å². The molecule has 2 unspecified atom stereocenters. The second kappa shape index (κ2) is 5.83. The Labute approximate surface area is 108 Å². The maximum atomic E-state index is 6.25. The summed E-state index contributed by atoms with van der Waals surface area (Å²) in [6.45, 7) is 5.99. The Balaban J connectivity index is 1.79. The van der Waals surface area contributed by atoms with Crippen LogP contribution in [0.2, 0.25) is 0 Å². The molecule has 1 saturated carbocycles. The third-order valence-electron chi connectivity index (χ3n) is 3.39. The topological polar surface area (TPSA) is 42.7 Å².